The summed E-state index contributed by atoms with van der Waals surface area (Å²) in [5, 5.41) is 0. The lowest BCUT2D eigenvalue weighted by Crippen LogP contribution is -2.41. The largest absolute Gasteiger partial charge is 0.324 e. The first-order valence-electron chi connectivity index (χ1n) is 4.30. The van der Waals surface area contributed by atoms with Crippen LogP contribution in [0.3, 0.4) is 0 Å². The minimum absolute atomic E-state index is 0.205. The second-order valence-corrected chi connectivity index (χ2v) is 3.85. The summed E-state index contributed by atoms with van der Waals surface area (Å²) in [7, 11) is 0. The summed E-state index contributed by atoms with van der Waals surface area (Å²) < 4.78 is 0. The first-order valence-corrected chi connectivity index (χ1v) is 4.30. The Kier molecular flexibility index (Phi) is 1.46. The minimum Gasteiger partial charge on any atom is -0.324 e. The van der Waals surface area contributed by atoms with Crippen LogP contribution in [0, 0.1) is 0 Å². The Hall–Kier alpha value is -0.0800. The van der Waals surface area contributed by atoms with E-state index in [1.54, 1.807) is 0 Å². The summed E-state index contributed by atoms with van der Waals surface area (Å²) in [6.07, 6.45) is 5.18. The normalized spacial score (nSPS) is 47.1. The average molecular weight is 140 g/mol. The van der Waals surface area contributed by atoms with Crippen LogP contribution in [0.2, 0.25) is 0 Å². The van der Waals surface area contributed by atoms with Gasteiger partial charge in [0.25, 0.3) is 0 Å². The van der Waals surface area contributed by atoms with Crippen molar-refractivity contribution >= 4 is 0 Å². The maximum absolute atomic E-state index is 6.16. The van der Waals surface area contributed by atoms with Gasteiger partial charge in [-0.3, -0.25) is 0 Å². The quantitative estimate of drug-likeness (QED) is 0.533. The topological polar surface area (TPSA) is 29.3 Å². The molecule has 2 heteroatoms. The highest BCUT2D eigenvalue weighted by atomic mass is 15.2. The Balaban J connectivity index is 2.09. The number of rotatable bonds is 0. The third-order valence-electron chi connectivity index (χ3n) is 2.86. The molecule has 0 aromatic carbocycles. The second kappa shape index (κ2) is 2.21. The molecule has 2 bridgehead atoms. The third kappa shape index (κ3) is 1.06. The molecular formula is C8H16N2. The molecule has 0 saturated carbocycles. The lowest BCUT2D eigenvalue weighted by Gasteiger charge is -2.20. The van der Waals surface area contributed by atoms with Crippen LogP contribution in [-0.2, 0) is 0 Å². The van der Waals surface area contributed by atoms with Gasteiger partial charge in [0.1, 0.15) is 0 Å². The Labute approximate surface area is 62.4 Å². The van der Waals surface area contributed by atoms with Gasteiger partial charge in [-0.2, -0.15) is 0 Å². The fourth-order valence-electron chi connectivity index (χ4n) is 2.19. The van der Waals surface area contributed by atoms with Gasteiger partial charge in [0.15, 0.2) is 0 Å². The van der Waals surface area contributed by atoms with Gasteiger partial charge >= 0.3 is 0 Å². The van der Waals surface area contributed by atoms with Crippen LogP contribution >= 0.6 is 0 Å². The zero-order valence-electron chi connectivity index (χ0n) is 6.47. The Morgan fingerprint density at radius 3 is 2.90 bits per heavy atom. The summed E-state index contributed by atoms with van der Waals surface area (Å²) >= 11 is 0. The summed E-state index contributed by atoms with van der Waals surface area (Å²) in [6, 6.07) is 0. The fourth-order valence-corrected chi connectivity index (χ4v) is 2.19. The molecule has 58 valence electrons. The first-order chi connectivity index (χ1) is 4.79. The van der Waals surface area contributed by atoms with E-state index in [2.05, 4.69) is 4.90 Å². The SMILES string of the molecule is NC12CCCCN(CC1)C2. The van der Waals surface area contributed by atoms with Gasteiger partial charge in [0.05, 0.1) is 0 Å². The Morgan fingerprint density at radius 1 is 1.10 bits per heavy atom. The van der Waals surface area contributed by atoms with E-state index < -0.39 is 0 Å². The van der Waals surface area contributed by atoms with Gasteiger partial charge in [-0.15, -0.1) is 0 Å². The number of nitrogens with zero attached hydrogens (tertiary/aromatic N) is 1. The molecule has 0 aromatic rings. The van der Waals surface area contributed by atoms with Crippen LogP contribution in [0.5, 0.6) is 0 Å². The molecule has 0 aromatic heterocycles. The van der Waals surface area contributed by atoms with Gasteiger partial charge in [0.2, 0.25) is 0 Å². The van der Waals surface area contributed by atoms with Gasteiger partial charge in [-0.05, 0) is 25.8 Å². The summed E-state index contributed by atoms with van der Waals surface area (Å²) in [4.78, 5) is 2.51. The van der Waals surface area contributed by atoms with Crippen LogP contribution in [0.15, 0.2) is 0 Å². The van der Waals surface area contributed by atoms with Crippen LogP contribution in [0.25, 0.3) is 0 Å². The summed E-state index contributed by atoms with van der Waals surface area (Å²) in [5.41, 5.74) is 6.36. The lowest BCUT2D eigenvalue weighted by atomic mass is 9.94. The maximum atomic E-state index is 6.16. The van der Waals surface area contributed by atoms with E-state index in [9.17, 15) is 0 Å². The molecule has 2 heterocycles. The molecule has 2 unspecified atom stereocenters. The molecule has 2 aliphatic heterocycles. The van der Waals surface area contributed by atoms with Crippen molar-refractivity contribution in [1.82, 2.24) is 4.90 Å². The van der Waals surface area contributed by atoms with Crippen LogP contribution in [0.1, 0.15) is 25.7 Å². The predicted molar refractivity (Wildman–Crippen MR) is 41.8 cm³/mol. The standard InChI is InChI=1S/C8H16N2/c9-8-3-1-2-5-10(7-8)6-4-8/h1-7,9H2. The summed E-state index contributed by atoms with van der Waals surface area (Å²) in [6.45, 7) is 3.70. The molecular weight excluding hydrogens is 124 g/mol. The van der Waals surface area contributed by atoms with E-state index in [-0.39, 0.29) is 5.54 Å². The molecule has 0 radical (unpaired) electrons. The summed E-state index contributed by atoms with van der Waals surface area (Å²) in [5.74, 6) is 0. The van der Waals surface area contributed by atoms with E-state index in [1.807, 2.05) is 0 Å². The van der Waals surface area contributed by atoms with Crippen molar-refractivity contribution in [3.8, 4) is 0 Å². The van der Waals surface area contributed by atoms with Crippen molar-refractivity contribution in [3.05, 3.63) is 0 Å². The van der Waals surface area contributed by atoms with Gasteiger partial charge in [0, 0.05) is 18.6 Å². The van der Waals surface area contributed by atoms with E-state index >= 15 is 0 Å². The van der Waals surface area contributed by atoms with Crippen molar-refractivity contribution in [3.63, 3.8) is 0 Å². The van der Waals surface area contributed by atoms with Crippen molar-refractivity contribution in [2.45, 2.75) is 31.2 Å². The highest BCUT2D eigenvalue weighted by molar-refractivity contribution is 4.95. The van der Waals surface area contributed by atoms with E-state index in [0.29, 0.717) is 0 Å². The number of hydrogen-bond acceptors (Lipinski definition) is 2. The molecule has 2 fully saturated rings. The molecule has 2 saturated heterocycles. The Morgan fingerprint density at radius 2 is 2.00 bits per heavy atom. The molecule has 0 amide bonds. The molecule has 0 spiro atoms. The average Bonchev–Trinajstić information content (AvgIpc) is 2.11. The highest BCUT2D eigenvalue weighted by Crippen LogP contribution is 2.27. The molecule has 2 aliphatic rings. The van der Waals surface area contributed by atoms with E-state index in [4.69, 9.17) is 5.73 Å². The van der Waals surface area contributed by atoms with E-state index in [0.717, 1.165) is 6.54 Å². The fraction of sp³-hybridized carbons (Fsp3) is 1.00. The minimum atomic E-state index is 0.205. The van der Waals surface area contributed by atoms with Gasteiger partial charge in [-0.1, -0.05) is 6.42 Å². The Bertz CT molecular complexity index is 133. The van der Waals surface area contributed by atoms with Crippen molar-refractivity contribution in [1.29, 1.82) is 0 Å². The first kappa shape index (κ1) is 6.62. The van der Waals surface area contributed by atoms with Crippen molar-refractivity contribution in [2.24, 2.45) is 5.73 Å². The zero-order chi connectivity index (χ0) is 7.03. The van der Waals surface area contributed by atoms with Crippen LogP contribution in [0.4, 0.5) is 0 Å². The smallest absolute Gasteiger partial charge is 0.0295 e. The molecule has 2 rings (SSSR count). The van der Waals surface area contributed by atoms with Crippen molar-refractivity contribution < 1.29 is 0 Å². The van der Waals surface area contributed by atoms with Gasteiger partial charge in [-0.25, -0.2) is 0 Å². The second-order valence-electron chi connectivity index (χ2n) is 3.85. The molecule has 2 atom stereocenters. The molecule has 2 nitrogen and oxygen atoms in total. The number of hydrogen-bond donors (Lipinski definition) is 1. The number of fused-ring (bicyclic) bond motifs is 2. The van der Waals surface area contributed by atoms with E-state index in [1.165, 1.54) is 38.8 Å². The van der Waals surface area contributed by atoms with Gasteiger partial charge < -0.3 is 10.6 Å². The lowest BCUT2D eigenvalue weighted by molar-refractivity contribution is 0.332. The van der Waals surface area contributed by atoms with Crippen LogP contribution in [-0.4, -0.2) is 30.1 Å². The monoisotopic (exact) mass is 140 g/mol. The predicted octanol–water partition coefficient (Wildman–Crippen LogP) is 0.573. The third-order valence-corrected chi connectivity index (χ3v) is 2.86. The van der Waals surface area contributed by atoms with Crippen molar-refractivity contribution in [2.75, 3.05) is 19.6 Å². The zero-order valence-corrected chi connectivity index (χ0v) is 6.47. The molecule has 10 heavy (non-hydrogen) atoms. The number of nitrogens with two attached hydrogens (primary N) is 1. The van der Waals surface area contributed by atoms with Crippen LogP contribution < -0.4 is 5.73 Å². The maximum Gasteiger partial charge on any atom is 0.0295 e. The molecule has 0 aliphatic carbocycles. The molecule has 2 N–H and O–H groups in total. The highest BCUT2D eigenvalue weighted by Gasteiger charge is 2.35.